The summed E-state index contributed by atoms with van der Waals surface area (Å²) in [6.45, 7) is 3.07. The predicted octanol–water partition coefficient (Wildman–Crippen LogP) is -0.639. The van der Waals surface area contributed by atoms with Crippen molar-refractivity contribution < 1.29 is 38.0 Å². The van der Waals surface area contributed by atoms with Crippen LogP contribution in [0, 0.1) is 11.3 Å². The van der Waals surface area contributed by atoms with E-state index in [0.29, 0.717) is 5.52 Å². The number of nitriles is 1. The van der Waals surface area contributed by atoms with Crippen LogP contribution in [-0.4, -0.2) is 75.3 Å². The number of nitrogen functional groups attached to an aromatic ring is 1. The lowest BCUT2D eigenvalue weighted by Crippen LogP contribution is -2.54. The number of carbonyl (C=O) groups excluding carboxylic acids is 2. The number of carbonyl (C=O) groups is 2. The molecule has 2 aliphatic heterocycles. The van der Waals surface area contributed by atoms with Crippen LogP contribution in [0.1, 0.15) is 26.5 Å². The van der Waals surface area contributed by atoms with Gasteiger partial charge in [-0.15, -0.1) is 0 Å². The van der Waals surface area contributed by atoms with E-state index in [-0.39, 0.29) is 17.6 Å². The van der Waals surface area contributed by atoms with E-state index in [1.807, 2.05) is 6.07 Å². The molecule has 15 nitrogen and oxygen atoms in total. The molecule has 5 N–H and O–H groups in total. The van der Waals surface area contributed by atoms with Crippen molar-refractivity contribution in [3.05, 3.63) is 24.2 Å². The lowest BCUT2D eigenvalue weighted by Gasteiger charge is -2.34. The summed E-state index contributed by atoms with van der Waals surface area (Å²) in [4.78, 5) is 28.3. The van der Waals surface area contributed by atoms with Crippen LogP contribution in [0.25, 0.3) is 5.52 Å². The maximum absolute atomic E-state index is 13.2. The largest absolute Gasteiger partial charge is 0.462 e. The van der Waals surface area contributed by atoms with E-state index in [1.54, 1.807) is 19.9 Å². The number of nitrogens with zero attached hydrogens (tertiary/aromatic N) is 4. The van der Waals surface area contributed by atoms with E-state index >= 15 is 0 Å². The van der Waals surface area contributed by atoms with Gasteiger partial charge in [-0.05, 0) is 32.9 Å². The Bertz CT molecular complexity index is 1270. The molecule has 0 saturated carbocycles. The molecule has 2 aromatic rings. The van der Waals surface area contributed by atoms with Crippen molar-refractivity contribution in [3.8, 4) is 6.07 Å². The average Bonchev–Trinajstić information content (AvgIpc) is 3.35. The highest BCUT2D eigenvalue weighted by molar-refractivity contribution is 7.54. The molecule has 0 aliphatic carbocycles. The second-order valence-corrected chi connectivity index (χ2v) is 10.7. The molecule has 5 atom stereocenters. The van der Waals surface area contributed by atoms with Crippen LogP contribution >= 0.6 is 7.67 Å². The minimum atomic E-state index is -3.98. The van der Waals surface area contributed by atoms with Crippen molar-refractivity contribution in [2.75, 3.05) is 25.4 Å². The molecule has 4 heterocycles. The van der Waals surface area contributed by atoms with Crippen LogP contribution in [0.3, 0.4) is 0 Å². The molecule has 2 fully saturated rings. The van der Waals surface area contributed by atoms with Gasteiger partial charge in [-0.3, -0.25) is 14.2 Å². The van der Waals surface area contributed by atoms with Crippen LogP contribution in [-0.2, 0) is 38.5 Å². The number of aliphatic hydroxyl groups is 1. The third kappa shape index (κ3) is 4.43. The van der Waals surface area contributed by atoms with Gasteiger partial charge < -0.3 is 29.6 Å². The first-order valence-electron chi connectivity index (χ1n) is 11.0. The number of rotatable bonds is 5. The SMILES string of the molecule is CC(C)OC(=O)CNP1(=O)NCC(=O)OC2C(CO1)OC(C#N)(c1ccc3c(N)ncnn13)[C@@]2(C)O. The van der Waals surface area contributed by atoms with Gasteiger partial charge in [0.1, 0.15) is 42.7 Å². The highest BCUT2D eigenvalue weighted by Crippen LogP contribution is 2.50. The van der Waals surface area contributed by atoms with Crippen LogP contribution < -0.4 is 15.9 Å². The zero-order valence-electron chi connectivity index (χ0n) is 19.7. The van der Waals surface area contributed by atoms with Gasteiger partial charge in [0.05, 0.1) is 18.4 Å². The van der Waals surface area contributed by atoms with Crippen LogP contribution in [0.2, 0.25) is 0 Å². The molecule has 2 aromatic heterocycles. The summed E-state index contributed by atoms with van der Waals surface area (Å²) in [7, 11) is -3.98. The predicted molar refractivity (Wildman–Crippen MR) is 121 cm³/mol. The molecule has 16 heteroatoms. The molecular formula is C20H26N7O8P. The first kappa shape index (κ1) is 26.0. The normalized spacial score (nSPS) is 32.7. The number of ether oxygens (including phenoxy) is 3. The standard InChI is InChI=1S/C20H26N7O8P/c1-11(2)33-15(28)6-25-36(31)26-7-16(29)34-17-13(8-32-36)35-20(9-21,19(17,3)30)14-5-4-12-18(22)23-10-24-27(12)14/h4-5,10-11,13,17,30H,6-8H2,1-3H3,(H2,22,23,24)(H2,25,26,31)/t13?,17?,19-,20?,36?/m0/s1. The maximum Gasteiger partial charge on any atom is 0.341 e. The summed E-state index contributed by atoms with van der Waals surface area (Å²) in [5.74, 6) is -1.45. The smallest absolute Gasteiger partial charge is 0.341 e. The highest BCUT2D eigenvalue weighted by atomic mass is 31.2. The zero-order chi connectivity index (χ0) is 26.3. The lowest BCUT2D eigenvalue weighted by atomic mass is 9.80. The van der Waals surface area contributed by atoms with Crippen LogP contribution in [0.15, 0.2) is 18.5 Å². The van der Waals surface area contributed by atoms with Gasteiger partial charge in [0.15, 0.2) is 11.9 Å². The summed E-state index contributed by atoms with van der Waals surface area (Å²) >= 11 is 0. The lowest BCUT2D eigenvalue weighted by molar-refractivity contribution is -0.163. The highest BCUT2D eigenvalue weighted by Gasteiger charge is 2.67. The van der Waals surface area contributed by atoms with Gasteiger partial charge in [-0.1, -0.05) is 0 Å². The molecule has 4 unspecified atom stereocenters. The number of nitrogens with one attached hydrogen (secondary N) is 2. The summed E-state index contributed by atoms with van der Waals surface area (Å²) in [6.07, 6.45) is -1.83. The zero-order valence-corrected chi connectivity index (χ0v) is 20.6. The minimum Gasteiger partial charge on any atom is -0.462 e. The Balaban J connectivity index is 1.65. The van der Waals surface area contributed by atoms with Gasteiger partial charge in [-0.2, -0.15) is 10.4 Å². The molecule has 2 saturated heterocycles. The van der Waals surface area contributed by atoms with Crippen LogP contribution in [0.5, 0.6) is 0 Å². The number of nitrogens with two attached hydrogens (primary N) is 1. The summed E-state index contributed by atoms with van der Waals surface area (Å²) < 4.78 is 36.5. The number of anilines is 1. The number of fused-ring (bicyclic) bond motifs is 2. The summed E-state index contributed by atoms with van der Waals surface area (Å²) in [6, 6.07) is 5.02. The van der Waals surface area contributed by atoms with E-state index in [4.69, 9.17) is 24.5 Å². The van der Waals surface area contributed by atoms with Crippen molar-refractivity contribution in [2.45, 2.75) is 50.3 Å². The van der Waals surface area contributed by atoms with Crippen molar-refractivity contribution >= 4 is 30.9 Å². The van der Waals surface area contributed by atoms with Gasteiger partial charge in [-0.25, -0.2) is 19.7 Å². The fraction of sp³-hybridized carbons (Fsp3) is 0.550. The topological polar surface area (TPSA) is 212 Å². The number of aromatic nitrogens is 3. The Hall–Kier alpha value is -3.12. The molecule has 0 bridgehead atoms. The summed E-state index contributed by atoms with van der Waals surface area (Å²) in [5, 5.41) is 30.8. The molecule has 194 valence electrons. The fourth-order valence-electron chi connectivity index (χ4n) is 4.17. The van der Waals surface area contributed by atoms with Crippen molar-refractivity contribution in [3.63, 3.8) is 0 Å². The van der Waals surface area contributed by atoms with Gasteiger partial charge >= 0.3 is 19.6 Å². The second-order valence-electron chi connectivity index (χ2n) is 8.72. The van der Waals surface area contributed by atoms with E-state index in [2.05, 4.69) is 20.3 Å². The molecule has 0 aromatic carbocycles. The Morgan fingerprint density at radius 2 is 2.28 bits per heavy atom. The van der Waals surface area contributed by atoms with Crippen molar-refractivity contribution in [2.24, 2.45) is 0 Å². The number of esters is 2. The Morgan fingerprint density at radius 3 is 2.97 bits per heavy atom. The Kier molecular flexibility index (Phi) is 6.78. The molecule has 36 heavy (non-hydrogen) atoms. The van der Waals surface area contributed by atoms with E-state index in [0.717, 1.165) is 0 Å². The minimum absolute atomic E-state index is 0.107. The second kappa shape index (κ2) is 9.40. The molecule has 0 radical (unpaired) electrons. The molecule has 4 rings (SSSR count). The molecule has 0 amide bonds. The fourth-order valence-corrected chi connectivity index (χ4v) is 5.49. The Morgan fingerprint density at radius 1 is 1.53 bits per heavy atom. The average molecular weight is 523 g/mol. The van der Waals surface area contributed by atoms with Crippen LogP contribution in [0.4, 0.5) is 5.82 Å². The third-order valence-corrected chi connectivity index (χ3v) is 7.50. The number of hydrogen-bond acceptors (Lipinski definition) is 12. The van der Waals surface area contributed by atoms with E-state index in [1.165, 1.54) is 23.8 Å². The van der Waals surface area contributed by atoms with Crippen molar-refractivity contribution in [1.29, 1.82) is 5.26 Å². The van der Waals surface area contributed by atoms with E-state index < -0.39 is 62.7 Å². The van der Waals surface area contributed by atoms with E-state index in [9.17, 15) is 24.5 Å². The van der Waals surface area contributed by atoms with Crippen molar-refractivity contribution in [1.82, 2.24) is 24.8 Å². The van der Waals surface area contributed by atoms with Gasteiger partial charge in [0.25, 0.3) is 0 Å². The monoisotopic (exact) mass is 523 g/mol. The third-order valence-electron chi connectivity index (χ3n) is 5.84. The first-order chi connectivity index (χ1) is 16.9. The van der Waals surface area contributed by atoms with Gasteiger partial charge in [0.2, 0.25) is 5.60 Å². The quantitative estimate of drug-likeness (QED) is 0.284. The molecule has 2 aliphatic rings. The summed E-state index contributed by atoms with van der Waals surface area (Å²) in [5.41, 5.74) is 2.16. The molecule has 0 spiro atoms. The maximum atomic E-state index is 13.2. The Labute approximate surface area is 205 Å². The first-order valence-corrected chi connectivity index (χ1v) is 12.6. The number of hydrogen-bond donors (Lipinski definition) is 4. The van der Waals surface area contributed by atoms with Gasteiger partial charge in [0, 0.05) is 0 Å². The molecular weight excluding hydrogens is 497 g/mol.